The maximum Gasteiger partial charge on any atom is 0.243 e. The summed E-state index contributed by atoms with van der Waals surface area (Å²) in [6.07, 6.45) is 5.82. The van der Waals surface area contributed by atoms with Gasteiger partial charge in [-0.3, -0.25) is 13.9 Å². The van der Waals surface area contributed by atoms with Gasteiger partial charge in [0, 0.05) is 30.6 Å². The lowest BCUT2D eigenvalue weighted by molar-refractivity contribution is -0.141. The van der Waals surface area contributed by atoms with Gasteiger partial charge in [0.2, 0.25) is 21.8 Å². The molecule has 0 heterocycles. The Bertz CT molecular complexity index is 1170. The summed E-state index contributed by atoms with van der Waals surface area (Å²) in [5, 5.41) is 3.50. The van der Waals surface area contributed by atoms with E-state index in [2.05, 4.69) is 5.32 Å². The molecule has 1 aliphatic rings. The largest absolute Gasteiger partial charge is 0.352 e. The Balaban J connectivity index is 1.75. The van der Waals surface area contributed by atoms with Crippen molar-refractivity contribution in [1.82, 2.24) is 10.2 Å². The van der Waals surface area contributed by atoms with Crippen molar-refractivity contribution in [2.45, 2.75) is 70.5 Å². The predicted octanol–water partition coefficient (Wildman–Crippen LogP) is 4.89. The van der Waals surface area contributed by atoms with Gasteiger partial charge >= 0.3 is 0 Å². The molecular formula is C27H35ClFN3O4S. The fourth-order valence-electron chi connectivity index (χ4n) is 4.71. The van der Waals surface area contributed by atoms with E-state index in [0.29, 0.717) is 22.7 Å². The molecule has 1 unspecified atom stereocenters. The van der Waals surface area contributed by atoms with E-state index in [1.165, 1.54) is 21.3 Å². The van der Waals surface area contributed by atoms with Crippen LogP contribution in [0.3, 0.4) is 0 Å². The summed E-state index contributed by atoms with van der Waals surface area (Å²) in [7, 11) is -3.60. The molecule has 202 valence electrons. The van der Waals surface area contributed by atoms with Gasteiger partial charge in [-0.1, -0.05) is 49.6 Å². The van der Waals surface area contributed by atoms with E-state index in [9.17, 15) is 22.4 Å². The first-order valence-electron chi connectivity index (χ1n) is 12.7. The Morgan fingerprint density at radius 1 is 1.14 bits per heavy atom. The van der Waals surface area contributed by atoms with Crippen LogP contribution in [0.2, 0.25) is 5.02 Å². The average molecular weight is 552 g/mol. The van der Waals surface area contributed by atoms with Crippen molar-refractivity contribution >= 4 is 39.1 Å². The van der Waals surface area contributed by atoms with Crippen LogP contribution in [0.4, 0.5) is 10.1 Å². The molecule has 37 heavy (non-hydrogen) atoms. The second kappa shape index (κ2) is 13.2. The van der Waals surface area contributed by atoms with Gasteiger partial charge in [0.05, 0.1) is 11.9 Å². The molecule has 2 amide bonds. The summed E-state index contributed by atoms with van der Waals surface area (Å²) >= 11 is 6.05. The van der Waals surface area contributed by atoms with Crippen molar-refractivity contribution in [2.75, 3.05) is 17.1 Å². The molecule has 7 nitrogen and oxygen atoms in total. The number of hydrogen-bond donors (Lipinski definition) is 1. The minimum atomic E-state index is -3.60. The van der Waals surface area contributed by atoms with Gasteiger partial charge in [-0.2, -0.15) is 0 Å². The first-order chi connectivity index (χ1) is 17.6. The molecule has 1 N–H and O–H groups in total. The van der Waals surface area contributed by atoms with E-state index < -0.39 is 16.1 Å². The summed E-state index contributed by atoms with van der Waals surface area (Å²) in [6, 6.07) is 11.8. The van der Waals surface area contributed by atoms with Crippen molar-refractivity contribution in [3.8, 4) is 0 Å². The lowest BCUT2D eigenvalue weighted by atomic mass is 10.1. The highest BCUT2D eigenvalue weighted by molar-refractivity contribution is 7.92. The monoisotopic (exact) mass is 551 g/mol. The van der Waals surface area contributed by atoms with Gasteiger partial charge in [-0.15, -0.1) is 0 Å². The number of sulfonamides is 1. The summed E-state index contributed by atoms with van der Waals surface area (Å²) in [4.78, 5) is 28.2. The Morgan fingerprint density at radius 2 is 1.81 bits per heavy atom. The normalized spacial score (nSPS) is 14.8. The summed E-state index contributed by atoms with van der Waals surface area (Å²) in [5.41, 5.74) is 1.13. The Hall–Kier alpha value is -2.65. The molecule has 0 aliphatic heterocycles. The lowest BCUT2D eigenvalue weighted by Crippen LogP contribution is -2.51. The fraction of sp³-hybridized carbons (Fsp3) is 0.481. The van der Waals surface area contributed by atoms with Gasteiger partial charge in [-0.05, 0) is 61.6 Å². The molecule has 0 radical (unpaired) electrons. The molecule has 0 saturated heterocycles. The molecular weight excluding hydrogens is 517 g/mol. The van der Waals surface area contributed by atoms with E-state index in [4.69, 9.17) is 11.6 Å². The van der Waals surface area contributed by atoms with Gasteiger partial charge < -0.3 is 10.2 Å². The van der Waals surface area contributed by atoms with Crippen LogP contribution in [0.5, 0.6) is 0 Å². The van der Waals surface area contributed by atoms with Crippen molar-refractivity contribution in [2.24, 2.45) is 0 Å². The van der Waals surface area contributed by atoms with Crippen LogP contribution in [0.15, 0.2) is 48.5 Å². The van der Waals surface area contributed by atoms with Crippen molar-refractivity contribution in [3.63, 3.8) is 0 Å². The summed E-state index contributed by atoms with van der Waals surface area (Å²) in [6.45, 7) is 2.09. The van der Waals surface area contributed by atoms with Gasteiger partial charge in [-0.25, -0.2) is 12.8 Å². The number of nitrogens with zero attached hydrogens (tertiary/aromatic N) is 2. The first kappa shape index (κ1) is 28.9. The molecule has 10 heteroatoms. The number of nitrogens with one attached hydrogen (secondary N) is 1. The number of halogens is 2. The molecule has 0 spiro atoms. The zero-order chi connectivity index (χ0) is 27.0. The number of hydrogen-bond acceptors (Lipinski definition) is 4. The summed E-state index contributed by atoms with van der Waals surface area (Å²) < 4.78 is 39.6. The van der Waals surface area contributed by atoms with Crippen LogP contribution in [-0.4, -0.2) is 50.0 Å². The number of benzene rings is 2. The van der Waals surface area contributed by atoms with Crippen LogP contribution in [0, 0.1) is 5.82 Å². The highest BCUT2D eigenvalue weighted by Crippen LogP contribution is 2.23. The third kappa shape index (κ3) is 8.43. The molecule has 2 aromatic rings. The minimum absolute atomic E-state index is 0.0426. The predicted molar refractivity (Wildman–Crippen MR) is 144 cm³/mol. The van der Waals surface area contributed by atoms with Gasteiger partial charge in [0.1, 0.15) is 11.9 Å². The van der Waals surface area contributed by atoms with E-state index in [0.717, 1.165) is 31.9 Å². The highest BCUT2D eigenvalue weighted by Gasteiger charge is 2.30. The minimum Gasteiger partial charge on any atom is -0.352 e. The molecule has 3 rings (SSSR count). The van der Waals surface area contributed by atoms with Gasteiger partial charge in [0.15, 0.2) is 0 Å². The molecule has 0 aromatic heterocycles. The van der Waals surface area contributed by atoms with Crippen LogP contribution in [0.25, 0.3) is 0 Å². The molecule has 1 saturated carbocycles. The van der Waals surface area contributed by atoms with E-state index in [-0.39, 0.29) is 49.6 Å². The van der Waals surface area contributed by atoms with Crippen LogP contribution in [0.1, 0.15) is 57.4 Å². The second-order valence-corrected chi connectivity index (χ2v) is 11.8. The van der Waals surface area contributed by atoms with Gasteiger partial charge in [0.25, 0.3) is 0 Å². The van der Waals surface area contributed by atoms with E-state index >= 15 is 0 Å². The summed E-state index contributed by atoms with van der Waals surface area (Å²) in [5.74, 6) is -0.839. The smallest absolute Gasteiger partial charge is 0.243 e. The Kier molecular flexibility index (Phi) is 10.3. The Morgan fingerprint density at radius 3 is 2.41 bits per heavy atom. The zero-order valence-corrected chi connectivity index (χ0v) is 22.9. The maximum absolute atomic E-state index is 13.5. The maximum atomic E-state index is 13.5. The third-order valence-electron chi connectivity index (χ3n) is 6.60. The van der Waals surface area contributed by atoms with E-state index in [1.807, 2.05) is 6.92 Å². The SMILES string of the molecule is CCC(C(=O)NC1CCCC1)N(Cc1ccc(F)cc1)C(=O)CCCN(c1cccc(Cl)c1)S(C)(=O)=O. The fourth-order valence-corrected chi connectivity index (χ4v) is 5.85. The topological polar surface area (TPSA) is 86.8 Å². The van der Waals surface area contributed by atoms with Crippen molar-refractivity contribution in [3.05, 3.63) is 64.9 Å². The second-order valence-electron chi connectivity index (χ2n) is 9.48. The molecule has 1 aliphatic carbocycles. The molecule has 2 aromatic carbocycles. The van der Waals surface area contributed by atoms with Crippen LogP contribution in [-0.2, 0) is 26.2 Å². The van der Waals surface area contributed by atoms with E-state index in [1.54, 1.807) is 36.4 Å². The first-order valence-corrected chi connectivity index (χ1v) is 14.9. The zero-order valence-electron chi connectivity index (χ0n) is 21.3. The molecule has 1 fully saturated rings. The molecule has 1 atom stereocenters. The highest BCUT2D eigenvalue weighted by atomic mass is 35.5. The van der Waals surface area contributed by atoms with Crippen LogP contribution >= 0.6 is 11.6 Å². The van der Waals surface area contributed by atoms with Crippen molar-refractivity contribution in [1.29, 1.82) is 0 Å². The number of amides is 2. The van der Waals surface area contributed by atoms with Crippen LogP contribution < -0.4 is 9.62 Å². The average Bonchev–Trinajstić information content (AvgIpc) is 3.35. The van der Waals surface area contributed by atoms with Crippen molar-refractivity contribution < 1.29 is 22.4 Å². The molecule has 0 bridgehead atoms. The number of carbonyl (C=O) groups is 2. The third-order valence-corrected chi connectivity index (χ3v) is 8.03. The number of anilines is 1. The quantitative estimate of drug-likeness (QED) is 0.407. The number of carbonyl (C=O) groups excluding carboxylic acids is 2. The number of rotatable bonds is 12. The Labute approximate surface area is 224 Å². The lowest BCUT2D eigenvalue weighted by Gasteiger charge is -2.32. The standard InChI is InChI=1S/C27H35ClFN3O4S/c1-3-25(27(34)30-23-9-4-5-10-23)31(19-20-13-15-22(29)16-14-20)26(33)12-7-17-32(37(2,35)36)24-11-6-8-21(28)18-24/h6,8,11,13-16,18,23,25H,3-5,7,9-10,12,17,19H2,1-2H3,(H,30,34).